The topological polar surface area (TPSA) is 23.9 Å². The minimum Gasteiger partial charge on any atom is -0.308 e. The summed E-state index contributed by atoms with van der Waals surface area (Å²) >= 11 is 0. The van der Waals surface area contributed by atoms with E-state index in [-0.39, 0.29) is 0 Å². The van der Waals surface area contributed by atoms with E-state index in [0.29, 0.717) is 0 Å². The van der Waals surface area contributed by atoms with Crippen LogP contribution in [0.25, 0.3) is 16.3 Å². The van der Waals surface area contributed by atoms with Gasteiger partial charge in [-0.05, 0) is 116 Å². The molecule has 0 amide bonds. The molecule has 0 radical (unpaired) electrons. The van der Waals surface area contributed by atoms with Crippen molar-refractivity contribution in [1.82, 2.24) is 0 Å². The van der Waals surface area contributed by atoms with Crippen molar-refractivity contribution in [3.05, 3.63) is 160 Å². The van der Waals surface area contributed by atoms with Gasteiger partial charge in [0.2, 0.25) is 0 Å². The molecule has 0 aliphatic carbocycles. The highest BCUT2D eigenvalue weighted by Crippen LogP contribution is 2.24. The molecule has 4 rings (SSSR count). The molecule has 1 nitrogen and oxygen atoms in total. The lowest BCUT2D eigenvalue weighted by molar-refractivity contribution is 1.09. The van der Waals surface area contributed by atoms with Crippen molar-refractivity contribution < 1.29 is 0 Å². The molecule has 4 aromatic carbocycles. The number of benzene rings is 4. The quantitative estimate of drug-likeness (QED) is 0.124. The van der Waals surface area contributed by atoms with Gasteiger partial charge in [0.05, 0.1) is 0 Å². The summed E-state index contributed by atoms with van der Waals surface area (Å²) in [5.41, 5.74) is 12.6. The van der Waals surface area contributed by atoms with Gasteiger partial charge in [0.25, 0.3) is 0 Å². The van der Waals surface area contributed by atoms with Crippen molar-refractivity contribution in [2.45, 2.75) is 74.7 Å². The highest BCUT2D eigenvalue weighted by molar-refractivity contribution is 5.83. The third-order valence-electron chi connectivity index (χ3n) is 7.24. The van der Waals surface area contributed by atoms with E-state index in [0.717, 1.165) is 30.4 Å². The Morgan fingerprint density at radius 3 is 1.81 bits per heavy atom. The molecule has 1 N–H and O–H groups in total. The molecular formula is C42H51N. The van der Waals surface area contributed by atoms with Crippen molar-refractivity contribution >= 4 is 22.6 Å². The van der Waals surface area contributed by atoms with E-state index in [1.807, 2.05) is 6.92 Å². The molecule has 0 heterocycles. The van der Waals surface area contributed by atoms with E-state index in [1.54, 1.807) is 0 Å². The second kappa shape index (κ2) is 18.3. The van der Waals surface area contributed by atoms with Crippen molar-refractivity contribution in [3.8, 4) is 0 Å². The van der Waals surface area contributed by atoms with Crippen LogP contribution in [0.15, 0.2) is 132 Å². The van der Waals surface area contributed by atoms with Crippen LogP contribution in [-0.4, -0.2) is 6.21 Å². The van der Waals surface area contributed by atoms with Crippen LogP contribution in [0.3, 0.4) is 0 Å². The molecule has 0 aliphatic rings. The van der Waals surface area contributed by atoms with E-state index in [4.69, 9.17) is 5.41 Å². The predicted molar refractivity (Wildman–Crippen MR) is 193 cm³/mol. The average molecular weight is 570 g/mol. The second-order valence-electron chi connectivity index (χ2n) is 11.5. The van der Waals surface area contributed by atoms with Gasteiger partial charge in [0.15, 0.2) is 0 Å². The lowest BCUT2D eigenvalue weighted by Crippen LogP contribution is -1.89. The number of rotatable bonds is 8. The summed E-state index contributed by atoms with van der Waals surface area (Å²) in [6.07, 6.45) is 9.04. The molecule has 224 valence electrons. The van der Waals surface area contributed by atoms with Gasteiger partial charge in [-0.3, -0.25) is 0 Å². The highest BCUT2D eigenvalue weighted by Gasteiger charge is 2.03. The van der Waals surface area contributed by atoms with Crippen LogP contribution in [0, 0.1) is 12.3 Å². The molecule has 1 heteroatoms. The van der Waals surface area contributed by atoms with Crippen molar-refractivity contribution in [3.63, 3.8) is 0 Å². The Labute approximate surface area is 261 Å². The summed E-state index contributed by atoms with van der Waals surface area (Å²) in [5.74, 6) is 0. The Bertz CT molecular complexity index is 1570. The Morgan fingerprint density at radius 1 is 0.651 bits per heavy atom. The van der Waals surface area contributed by atoms with Gasteiger partial charge in [-0.1, -0.05) is 135 Å². The fourth-order valence-corrected chi connectivity index (χ4v) is 4.63. The highest BCUT2D eigenvalue weighted by atomic mass is 14.3. The van der Waals surface area contributed by atoms with Gasteiger partial charge in [-0.2, -0.15) is 0 Å². The van der Waals surface area contributed by atoms with Gasteiger partial charge < -0.3 is 5.41 Å². The smallest absolute Gasteiger partial charge is 0.0209 e. The Morgan fingerprint density at radius 2 is 1.26 bits per heavy atom. The maximum Gasteiger partial charge on any atom is 0.0209 e. The molecule has 43 heavy (non-hydrogen) atoms. The van der Waals surface area contributed by atoms with E-state index < -0.39 is 0 Å². The van der Waals surface area contributed by atoms with Crippen LogP contribution in [0.2, 0.25) is 0 Å². The molecule has 0 spiro atoms. The third kappa shape index (κ3) is 12.3. The van der Waals surface area contributed by atoms with Crippen LogP contribution in [0.4, 0.5) is 0 Å². The molecule has 0 fully saturated rings. The minimum atomic E-state index is 0.977. The molecule has 0 saturated heterocycles. The number of hydrogen-bond acceptors (Lipinski definition) is 1. The van der Waals surface area contributed by atoms with E-state index >= 15 is 0 Å². The van der Waals surface area contributed by atoms with Gasteiger partial charge >= 0.3 is 0 Å². The maximum absolute atomic E-state index is 7.34. The van der Waals surface area contributed by atoms with E-state index in [9.17, 15) is 0 Å². The number of nitrogens with one attached hydrogen (secondary N) is 1. The van der Waals surface area contributed by atoms with Crippen molar-refractivity contribution in [1.29, 1.82) is 5.41 Å². The van der Waals surface area contributed by atoms with Gasteiger partial charge in [-0.15, -0.1) is 0 Å². The largest absolute Gasteiger partial charge is 0.308 e. The first-order valence-corrected chi connectivity index (χ1v) is 15.4. The summed E-state index contributed by atoms with van der Waals surface area (Å²) in [6, 6.07) is 32.2. The molecule has 0 aromatic heterocycles. The van der Waals surface area contributed by atoms with Crippen LogP contribution in [-0.2, 0) is 19.3 Å². The molecule has 0 saturated carbocycles. The molecule has 0 bridgehead atoms. The zero-order chi connectivity index (χ0) is 31.8. The van der Waals surface area contributed by atoms with E-state index in [1.165, 1.54) is 61.5 Å². The zero-order valence-corrected chi connectivity index (χ0v) is 27.7. The van der Waals surface area contributed by atoms with Crippen molar-refractivity contribution in [2.24, 2.45) is 0 Å². The molecule has 0 atom stereocenters. The molecule has 4 aromatic rings. The van der Waals surface area contributed by atoms with Crippen molar-refractivity contribution in [2.75, 3.05) is 0 Å². The average Bonchev–Trinajstić information content (AvgIpc) is 3.00. The molecule has 0 aliphatic heterocycles. The number of allylic oxidation sites excluding steroid dienone is 7. The summed E-state index contributed by atoms with van der Waals surface area (Å²) in [4.78, 5) is 0. The van der Waals surface area contributed by atoms with E-state index in [2.05, 4.69) is 158 Å². The first-order valence-electron chi connectivity index (χ1n) is 15.4. The summed E-state index contributed by atoms with van der Waals surface area (Å²) in [5, 5.41) is 9.96. The SMILES string of the molecule is C=C(C)Cc1ccc2ccccc2c1.CC(C)=C/C(=C\C(C)=C(/C)C=N)c1ccccc1C.CCc1cccc(CC)c1. The lowest BCUT2D eigenvalue weighted by Gasteiger charge is -2.09. The standard InChI is InChI=1S/C18H23N.C14H14.C10H14/c1-13(2)10-17(11-15(4)16(5)12-19)18-9-7-6-8-14(18)3;1-11(2)9-12-7-8-13-5-3-4-6-14(13)10-12;1-3-9-6-5-7-10(4-2)8-9/h6-12,19H,1-5H3;3-8,10H,1,9H2,2H3;5-8H,3-4H2,1-2H3/b16-15+,17-11+,19-12?;;. The lowest BCUT2D eigenvalue weighted by atomic mass is 9.96. The second-order valence-corrected chi connectivity index (χ2v) is 11.5. The normalized spacial score (nSPS) is 11.3. The monoisotopic (exact) mass is 569 g/mol. The summed E-state index contributed by atoms with van der Waals surface area (Å²) < 4.78 is 0. The Kier molecular flexibility index (Phi) is 14.9. The van der Waals surface area contributed by atoms with Gasteiger partial charge in [0, 0.05) is 6.21 Å². The summed E-state index contributed by atoms with van der Waals surface area (Å²) in [6.45, 7) is 20.7. The molecule has 0 unspecified atom stereocenters. The van der Waals surface area contributed by atoms with Gasteiger partial charge in [-0.25, -0.2) is 0 Å². The first kappa shape index (κ1) is 35.0. The Balaban J connectivity index is 0.000000236. The number of fused-ring (bicyclic) bond motifs is 1. The first-order chi connectivity index (χ1) is 20.6. The van der Waals surface area contributed by atoms with Crippen LogP contribution in [0.1, 0.15) is 76.3 Å². The van der Waals surface area contributed by atoms with Crippen LogP contribution < -0.4 is 0 Å². The van der Waals surface area contributed by atoms with Crippen LogP contribution >= 0.6 is 0 Å². The maximum atomic E-state index is 7.34. The predicted octanol–water partition coefficient (Wildman–Crippen LogP) is 12.1. The summed E-state index contributed by atoms with van der Waals surface area (Å²) in [7, 11) is 0. The van der Waals surface area contributed by atoms with Crippen LogP contribution in [0.5, 0.6) is 0 Å². The number of aryl methyl sites for hydroxylation is 3. The third-order valence-corrected chi connectivity index (χ3v) is 7.24. The minimum absolute atomic E-state index is 0.977. The van der Waals surface area contributed by atoms with Gasteiger partial charge in [0.1, 0.15) is 0 Å². The fraction of sp³-hybridized carbons (Fsp3) is 0.262. The molecular weight excluding hydrogens is 518 g/mol. The Hall–Kier alpha value is -4.23. The number of hydrogen-bond donors (Lipinski definition) is 1. The fourth-order valence-electron chi connectivity index (χ4n) is 4.63. The zero-order valence-electron chi connectivity index (χ0n) is 27.7.